The second-order valence-corrected chi connectivity index (χ2v) is 7.45. The van der Waals surface area contributed by atoms with Crippen LogP contribution in [0.2, 0.25) is 0 Å². The van der Waals surface area contributed by atoms with Gasteiger partial charge in [0.25, 0.3) is 0 Å². The smallest absolute Gasteiger partial charge is 0.238 e. The zero-order chi connectivity index (χ0) is 17.8. The summed E-state index contributed by atoms with van der Waals surface area (Å²) in [6.07, 6.45) is 3.84. The van der Waals surface area contributed by atoms with Crippen molar-refractivity contribution in [3.63, 3.8) is 0 Å². The van der Waals surface area contributed by atoms with E-state index in [0.717, 1.165) is 54.0 Å². The van der Waals surface area contributed by atoms with Crippen LogP contribution in [0.5, 0.6) is 0 Å². The van der Waals surface area contributed by atoms with E-state index < -0.39 is 0 Å². The Morgan fingerprint density at radius 2 is 2.12 bits per heavy atom. The van der Waals surface area contributed by atoms with E-state index in [2.05, 4.69) is 47.8 Å². The second-order valence-electron chi connectivity index (χ2n) is 6.53. The van der Waals surface area contributed by atoms with E-state index in [1.165, 1.54) is 0 Å². The van der Waals surface area contributed by atoms with Gasteiger partial charge in [0.15, 0.2) is 0 Å². The number of amides is 1. The molecule has 134 valence electrons. The molecule has 0 bridgehead atoms. The first-order valence-corrected chi connectivity index (χ1v) is 9.52. The number of hydrogen-bond donors (Lipinski definition) is 1. The van der Waals surface area contributed by atoms with Crippen LogP contribution in [0.3, 0.4) is 0 Å². The molecule has 0 unspecified atom stereocenters. The van der Waals surface area contributed by atoms with Crippen LogP contribution in [0.25, 0.3) is 0 Å². The quantitative estimate of drug-likeness (QED) is 0.829. The Morgan fingerprint density at radius 3 is 2.80 bits per heavy atom. The summed E-state index contributed by atoms with van der Waals surface area (Å²) in [7, 11) is 0. The van der Waals surface area contributed by atoms with Gasteiger partial charge in [0.05, 0.1) is 6.54 Å². The molecule has 3 rings (SSSR count). The van der Waals surface area contributed by atoms with Gasteiger partial charge in [0.1, 0.15) is 12.2 Å². The third-order valence-electron chi connectivity index (χ3n) is 4.77. The van der Waals surface area contributed by atoms with Gasteiger partial charge >= 0.3 is 0 Å². The second kappa shape index (κ2) is 8.10. The first-order valence-electron chi connectivity index (χ1n) is 8.73. The average molecular weight is 406 g/mol. The lowest BCUT2D eigenvalue weighted by Gasteiger charge is -2.31. The van der Waals surface area contributed by atoms with Crippen molar-refractivity contribution in [1.29, 1.82) is 0 Å². The Hall–Kier alpha value is -1.73. The number of aryl methyl sites for hydroxylation is 2. The normalized spacial score (nSPS) is 16.1. The zero-order valence-corrected chi connectivity index (χ0v) is 16.3. The predicted octanol–water partition coefficient (Wildman–Crippen LogP) is 3.19. The largest absolute Gasteiger partial charge is 0.325 e. The number of nitrogens with zero attached hydrogens (tertiary/aromatic N) is 4. The lowest BCUT2D eigenvalue weighted by molar-refractivity contribution is -0.117. The number of carbonyl (C=O) groups excluding carboxylic acids is 1. The zero-order valence-electron chi connectivity index (χ0n) is 14.7. The molecule has 1 N–H and O–H groups in total. The molecule has 2 aromatic rings. The van der Waals surface area contributed by atoms with Gasteiger partial charge in [-0.05, 0) is 63.5 Å². The Morgan fingerprint density at radius 1 is 1.36 bits per heavy atom. The highest BCUT2D eigenvalue weighted by Gasteiger charge is 2.25. The molecule has 0 spiro atoms. The van der Waals surface area contributed by atoms with Crippen molar-refractivity contribution in [2.45, 2.75) is 39.2 Å². The van der Waals surface area contributed by atoms with Crippen molar-refractivity contribution in [2.75, 3.05) is 25.0 Å². The molecule has 0 aliphatic carbocycles. The van der Waals surface area contributed by atoms with Crippen LogP contribution in [-0.2, 0) is 11.3 Å². The molecule has 1 aliphatic rings. The SMILES string of the molecule is CCn1cnnc1C1CCN(CC(=O)Nc2ccc(Br)cc2C)CC1. The monoisotopic (exact) mass is 405 g/mol. The van der Waals surface area contributed by atoms with Crippen LogP contribution in [0.4, 0.5) is 5.69 Å². The maximum Gasteiger partial charge on any atom is 0.238 e. The molecule has 1 saturated heterocycles. The average Bonchev–Trinajstić information content (AvgIpc) is 3.07. The van der Waals surface area contributed by atoms with Crippen LogP contribution in [0.15, 0.2) is 29.0 Å². The fourth-order valence-corrected chi connectivity index (χ4v) is 3.81. The minimum absolute atomic E-state index is 0.0422. The maximum atomic E-state index is 12.3. The van der Waals surface area contributed by atoms with Gasteiger partial charge in [-0.15, -0.1) is 10.2 Å². The summed E-state index contributed by atoms with van der Waals surface area (Å²) in [5.41, 5.74) is 1.93. The van der Waals surface area contributed by atoms with Crippen molar-refractivity contribution in [1.82, 2.24) is 19.7 Å². The molecule has 25 heavy (non-hydrogen) atoms. The predicted molar refractivity (Wildman–Crippen MR) is 102 cm³/mol. The Labute approximate surface area is 156 Å². The van der Waals surface area contributed by atoms with Crippen LogP contribution < -0.4 is 5.32 Å². The van der Waals surface area contributed by atoms with Crippen LogP contribution in [-0.4, -0.2) is 45.2 Å². The number of likely N-dealkylation sites (tertiary alicyclic amines) is 1. The summed E-state index contributed by atoms with van der Waals surface area (Å²) in [6, 6.07) is 5.88. The minimum atomic E-state index is 0.0422. The number of benzene rings is 1. The first kappa shape index (κ1) is 18.1. The van der Waals surface area contributed by atoms with Gasteiger partial charge in [0, 0.05) is 22.6 Å². The summed E-state index contributed by atoms with van der Waals surface area (Å²) < 4.78 is 3.13. The molecule has 1 amide bonds. The standard InChI is InChI=1S/C18H24BrN5O/c1-3-24-12-20-22-18(24)14-6-8-23(9-7-14)11-17(25)21-16-5-4-15(19)10-13(16)2/h4-5,10,12,14H,3,6-9,11H2,1-2H3,(H,21,25). The Balaban J connectivity index is 1.51. The molecule has 2 heterocycles. The number of piperidine rings is 1. The molecule has 0 radical (unpaired) electrons. The summed E-state index contributed by atoms with van der Waals surface area (Å²) in [4.78, 5) is 14.6. The van der Waals surface area contributed by atoms with Crippen LogP contribution >= 0.6 is 15.9 Å². The van der Waals surface area contributed by atoms with Crippen molar-refractivity contribution in [3.8, 4) is 0 Å². The number of nitrogens with one attached hydrogen (secondary N) is 1. The molecule has 7 heteroatoms. The summed E-state index contributed by atoms with van der Waals surface area (Å²) in [6.45, 7) is 7.26. The molecule has 1 aromatic heterocycles. The van der Waals surface area contributed by atoms with Gasteiger partial charge in [-0.1, -0.05) is 15.9 Å². The molecule has 1 aromatic carbocycles. The number of halogens is 1. The fraction of sp³-hybridized carbons (Fsp3) is 0.500. The van der Waals surface area contributed by atoms with Crippen molar-refractivity contribution < 1.29 is 4.79 Å². The van der Waals surface area contributed by atoms with E-state index in [9.17, 15) is 4.79 Å². The third kappa shape index (κ3) is 4.46. The van der Waals surface area contributed by atoms with E-state index in [1.54, 1.807) is 6.33 Å². The molecular weight excluding hydrogens is 382 g/mol. The van der Waals surface area contributed by atoms with Crippen molar-refractivity contribution in [3.05, 3.63) is 40.4 Å². The number of aromatic nitrogens is 3. The molecule has 0 atom stereocenters. The summed E-state index contributed by atoms with van der Waals surface area (Å²) in [5.74, 6) is 1.56. The number of anilines is 1. The van der Waals surface area contributed by atoms with Gasteiger partial charge in [-0.25, -0.2) is 0 Å². The molecular formula is C18H24BrN5O. The van der Waals surface area contributed by atoms with Gasteiger partial charge in [0.2, 0.25) is 5.91 Å². The highest BCUT2D eigenvalue weighted by Crippen LogP contribution is 2.26. The molecule has 1 aliphatic heterocycles. The topological polar surface area (TPSA) is 63.1 Å². The van der Waals surface area contributed by atoms with Crippen LogP contribution in [0.1, 0.15) is 37.1 Å². The van der Waals surface area contributed by atoms with E-state index in [4.69, 9.17) is 0 Å². The highest BCUT2D eigenvalue weighted by molar-refractivity contribution is 9.10. The molecule has 0 saturated carbocycles. The van der Waals surface area contributed by atoms with Gasteiger partial charge in [-0.2, -0.15) is 0 Å². The molecule has 1 fully saturated rings. The maximum absolute atomic E-state index is 12.3. The first-order chi connectivity index (χ1) is 12.1. The molecule has 6 nitrogen and oxygen atoms in total. The van der Waals surface area contributed by atoms with E-state index in [1.807, 2.05) is 25.1 Å². The Kier molecular flexibility index (Phi) is 5.86. The van der Waals surface area contributed by atoms with Crippen molar-refractivity contribution in [2.24, 2.45) is 0 Å². The number of hydrogen-bond acceptors (Lipinski definition) is 4. The summed E-state index contributed by atoms with van der Waals surface area (Å²) in [5, 5.41) is 11.3. The lowest BCUT2D eigenvalue weighted by Crippen LogP contribution is -2.39. The van der Waals surface area contributed by atoms with E-state index in [0.29, 0.717) is 12.5 Å². The van der Waals surface area contributed by atoms with E-state index >= 15 is 0 Å². The van der Waals surface area contributed by atoms with E-state index in [-0.39, 0.29) is 5.91 Å². The minimum Gasteiger partial charge on any atom is -0.325 e. The number of rotatable bonds is 5. The van der Waals surface area contributed by atoms with Crippen molar-refractivity contribution >= 4 is 27.5 Å². The number of carbonyl (C=O) groups is 1. The highest BCUT2D eigenvalue weighted by atomic mass is 79.9. The lowest BCUT2D eigenvalue weighted by atomic mass is 9.96. The Bertz CT molecular complexity index is 737. The van der Waals surface area contributed by atoms with Gasteiger partial charge in [-0.3, -0.25) is 9.69 Å². The van der Waals surface area contributed by atoms with Crippen LogP contribution in [0, 0.1) is 6.92 Å². The summed E-state index contributed by atoms with van der Waals surface area (Å²) >= 11 is 3.44. The third-order valence-corrected chi connectivity index (χ3v) is 5.26. The fourth-order valence-electron chi connectivity index (χ4n) is 3.33. The van der Waals surface area contributed by atoms with Gasteiger partial charge < -0.3 is 9.88 Å².